The minimum atomic E-state index is -4.75. The molecule has 3 fully saturated rings. The maximum atomic E-state index is 15.1. The van der Waals surface area contributed by atoms with Gasteiger partial charge in [0.05, 0.1) is 30.2 Å². The van der Waals surface area contributed by atoms with Crippen LogP contribution in [0.15, 0.2) is 48.5 Å². The summed E-state index contributed by atoms with van der Waals surface area (Å²) < 4.78 is 41.3. The zero-order valence-electron chi connectivity index (χ0n) is 55.3. The molecule has 91 heavy (non-hydrogen) atoms. The fourth-order valence-corrected chi connectivity index (χ4v) is 12.6. The summed E-state index contributed by atoms with van der Waals surface area (Å²) in [6.45, 7) is 10.9. The van der Waals surface area contributed by atoms with Crippen LogP contribution < -0.4 is 16.0 Å². The second-order valence-corrected chi connectivity index (χ2v) is 26.3. The van der Waals surface area contributed by atoms with Gasteiger partial charge in [-0.25, -0.2) is 0 Å². The lowest BCUT2D eigenvalue weighted by atomic mass is 9.91. The van der Waals surface area contributed by atoms with Gasteiger partial charge in [-0.15, -0.1) is 0 Å². The Morgan fingerprint density at radius 1 is 0.648 bits per heavy atom. The van der Waals surface area contributed by atoms with Gasteiger partial charge in [-0.05, 0) is 92.9 Å². The monoisotopic (exact) mass is 1300 g/mol. The van der Waals surface area contributed by atoms with Crippen molar-refractivity contribution >= 4 is 76.6 Å². The van der Waals surface area contributed by atoms with Crippen molar-refractivity contribution in [3.63, 3.8) is 0 Å². The highest BCUT2D eigenvalue weighted by molar-refractivity contribution is 6.31. The third-order valence-corrected chi connectivity index (χ3v) is 18.5. The van der Waals surface area contributed by atoms with E-state index in [4.69, 9.17) is 11.6 Å². The first-order valence-electron chi connectivity index (χ1n) is 31.5. The highest BCUT2D eigenvalue weighted by atomic mass is 35.5. The maximum absolute atomic E-state index is 15.1. The number of alkyl halides is 3. The predicted molar refractivity (Wildman–Crippen MR) is 336 cm³/mol. The van der Waals surface area contributed by atoms with Gasteiger partial charge < -0.3 is 55.1 Å². The van der Waals surface area contributed by atoms with Crippen LogP contribution in [0.2, 0.25) is 5.02 Å². The fraction of sp³-hybridized carbons (Fsp3) is 0.646. The van der Waals surface area contributed by atoms with Crippen molar-refractivity contribution in [2.45, 2.75) is 180 Å². The highest BCUT2D eigenvalue weighted by Crippen LogP contribution is 2.36. The maximum Gasteiger partial charge on any atom is 0.417 e. The number of benzene rings is 2. The van der Waals surface area contributed by atoms with E-state index in [1.807, 2.05) is 20.8 Å². The van der Waals surface area contributed by atoms with Gasteiger partial charge in [0.2, 0.25) is 65.0 Å². The fourth-order valence-electron chi connectivity index (χ4n) is 12.3. The molecule has 1 aliphatic carbocycles. The molecule has 504 valence electrons. The number of nitrogens with one attached hydrogen (secondary N) is 3. The molecule has 2 heterocycles. The van der Waals surface area contributed by atoms with E-state index in [0.717, 1.165) is 31.7 Å². The Kier molecular flexibility index (Phi) is 26.4. The number of halogens is 4. The van der Waals surface area contributed by atoms with E-state index in [1.54, 1.807) is 58.0 Å². The Labute approximate surface area is 538 Å². The standard InChI is InChI=1S/C65H95ClF3N11O11/c1-15-41(6)55-61(89)75(10)37-53(83)73(8)38-54(84)78(13)50(35-43-22-17-16-18-23-43)60(88)74(9)36-51(81)70-47(28-26-44-25-27-45(46(66)34-44)65(67,68)69)59(87)80-31-21-24-48(80)58(86)72-64(29-19-20-30-64)63(91)79(14)56(40(4)5)62(90)76(11)42(7)33-52(82)77(12)49(32-39(2)3)57(85)71-55/h16-18,22-23,25,27,34,39-42,47-50,55-56H,15,19-21,24,26,28-33,35-38H2,1-14H3,(H,70,81)(H,71,85)(H,72,86)/t41?,42-,47+,48+,49+,50+,55+,56+/m1/s1. The number of hydrogen-bond donors (Lipinski definition) is 3. The molecule has 2 aromatic rings. The molecule has 0 radical (unpaired) electrons. The Hall–Kier alpha value is -7.31. The molecule has 2 saturated heterocycles. The Morgan fingerprint density at radius 2 is 1.25 bits per heavy atom. The molecule has 8 atom stereocenters. The van der Waals surface area contributed by atoms with Gasteiger partial charge in [-0.2, -0.15) is 13.2 Å². The second-order valence-electron chi connectivity index (χ2n) is 25.9. The van der Waals surface area contributed by atoms with E-state index in [-0.39, 0.29) is 63.8 Å². The number of carbonyl (C=O) groups excluding carboxylic acids is 11. The Bertz CT molecular complexity index is 2970. The van der Waals surface area contributed by atoms with E-state index in [2.05, 4.69) is 16.0 Å². The number of likely N-dealkylation sites (N-methyl/N-ethyl adjacent to an activating group) is 7. The zero-order chi connectivity index (χ0) is 68.1. The van der Waals surface area contributed by atoms with E-state index < -0.39 is 161 Å². The molecular formula is C65H95ClF3N11O11. The van der Waals surface area contributed by atoms with Crippen LogP contribution in [0, 0.1) is 17.8 Å². The summed E-state index contributed by atoms with van der Waals surface area (Å²) in [6, 6.07) is 3.93. The van der Waals surface area contributed by atoms with Gasteiger partial charge in [0, 0.05) is 74.8 Å². The van der Waals surface area contributed by atoms with Crippen molar-refractivity contribution in [1.29, 1.82) is 0 Å². The molecule has 11 amide bonds. The van der Waals surface area contributed by atoms with Crippen LogP contribution in [-0.4, -0.2) is 228 Å². The van der Waals surface area contributed by atoms with Gasteiger partial charge in [0.25, 0.3) is 0 Å². The topological polar surface area (TPSA) is 250 Å². The molecule has 2 aromatic carbocycles. The van der Waals surface area contributed by atoms with Crippen molar-refractivity contribution in [3.8, 4) is 0 Å². The number of rotatable bonds is 10. The minimum Gasteiger partial charge on any atom is -0.343 e. The largest absolute Gasteiger partial charge is 0.417 e. The highest BCUT2D eigenvalue weighted by Gasteiger charge is 2.50. The summed E-state index contributed by atoms with van der Waals surface area (Å²) >= 11 is 6.11. The van der Waals surface area contributed by atoms with Crippen LogP contribution >= 0.6 is 11.6 Å². The van der Waals surface area contributed by atoms with E-state index in [0.29, 0.717) is 36.8 Å². The van der Waals surface area contributed by atoms with E-state index in [9.17, 15) is 56.3 Å². The summed E-state index contributed by atoms with van der Waals surface area (Å²) in [4.78, 5) is 170. The summed E-state index contributed by atoms with van der Waals surface area (Å²) in [6.07, 6.45) is -2.71. The third kappa shape index (κ3) is 18.9. The summed E-state index contributed by atoms with van der Waals surface area (Å²) in [5, 5.41) is 8.03. The van der Waals surface area contributed by atoms with Crippen LogP contribution in [0.1, 0.15) is 129 Å². The quantitative estimate of drug-likeness (QED) is 0.292. The van der Waals surface area contributed by atoms with E-state index >= 15 is 9.59 Å². The number of aryl methyl sites for hydroxylation is 1. The number of nitrogens with zero attached hydrogens (tertiary/aromatic N) is 8. The minimum absolute atomic E-state index is 0.0429. The number of hydrogen-bond acceptors (Lipinski definition) is 11. The van der Waals surface area contributed by atoms with Crippen molar-refractivity contribution < 1.29 is 65.9 Å². The Morgan fingerprint density at radius 3 is 1.84 bits per heavy atom. The lowest BCUT2D eigenvalue weighted by Crippen LogP contribution is -2.64. The van der Waals surface area contributed by atoms with Crippen LogP contribution in [0.25, 0.3) is 0 Å². The first kappa shape index (κ1) is 74.4. The van der Waals surface area contributed by atoms with Gasteiger partial charge in [0.15, 0.2) is 0 Å². The second kappa shape index (κ2) is 32.3. The van der Waals surface area contributed by atoms with E-state index in [1.165, 1.54) is 75.0 Å². The van der Waals surface area contributed by atoms with Crippen LogP contribution in [-0.2, 0) is 71.8 Å². The average Bonchev–Trinajstić information content (AvgIpc) is 1.76. The molecule has 1 spiro atoms. The predicted octanol–water partition coefficient (Wildman–Crippen LogP) is 4.78. The lowest BCUT2D eigenvalue weighted by Gasteiger charge is -2.41. The van der Waals surface area contributed by atoms with Crippen LogP contribution in [0.4, 0.5) is 13.2 Å². The van der Waals surface area contributed by atoms with Crippen molar-refractivity contribution in [2.75, 3.05) is 75.5 Å². The zero-order valence-corrected chi connectivity index (χ0v) is 56.0. The number of amides is 11. The molecule has 1 unspecified atom stereocenters. The first-order chi connectivity index (χ1) is 42.5. The molecule has 5 rings (SSSR count). The summed E-state index contributed by atoms with van der Waals surface area (Å²) in [5.74, 6) is -8.06. The SMILES string of the molecule is CCC(C)[C@@H]1NC(=O)[C@H](CC(C)C)N(C)C(=O)C[C@@H](C)N(C)C(=O)[C@H](C(C)C)N(C)C(=O)C2(CCCC2)NC(=O)[C@@H]2CCCN2C(=O)[C@H](CCc2ccc(C(F)(F)F)c(Cl)c2)NC(=O)CN(C)C(=O)[C@H](Cc2ccccc2)N(C)C(=O)CN(C)C(=O)CN(C)C1=O. The molecule has 3 N–H and O–H groups in total. The molecule has 0 bridgehead atoms. The molecule has 1 saturated carbocycles. The lowest BCUT2D eigenvalue weighted by molar-refractivity contribution is -0.152. The molecule has 0 aromatic heterocycles. The summed E-state index contributed by atoms with van der Waals surface area (Å²) in [5.41, 5.74) is -1.65. The Balaban J connectivity index is 1.57. The van der Waals surface area contributed by atoms with Gasteiger partial charge in [-0.3, -0.25) is 52.7 Å². The van der Waals surface area contributed by atoms with Crippen LogP contribution in [0.5, 0.6) is 0 Å². The van der Waals surface area contributed by atoms with Gasteiger partial charge >= 0.3 is 6.18 Å². The van der Waals surface area contributed by atoms with Crippen molar-refractivity contribution in [1.82, 2.24) is 55.1 Å². The van der Waals surface area contributed by atoms with Gasteiger partial charge in [0.1, 0.15) is 41.8 Å². The molecule has 26 heteroatoms. The normalized spacial score (nSPS) is 25.0. The number of fused-ring (bicyclic) bond motifs is 1. The van der Waals surface area contributed by atoms with Crippen LogP contribution in [0.3, 0.4) is 0 Å². The number of carbonyl (C=O) groups is 11. The average molecular weight is 1300 g/mol. The van der Waals surface area contributed by atoms with Crippen molar-refractivity contribution in [3.05, 3.63) is 70.2 Å². The molecule has 3 aliphatic rings. The molecular weight excluding hydrogens is 1200 g/mol. The molecule has 2 aliphatic heterocycles. The van der Waals surface area contributed by atoms with Crippen molar-refractivity contribution in [2.24, 2.45) is 17.8 Å². The summed E-state index contributed by atoms with van der Waals surface area (Å²) in [7, 11) is 9.92. The smallest absolute Gasteiger partial charge is 0.343 e. The third-order valence-electron chi connectivity index (χ3n) is 18.2. The first-order valence-corrected chi connectivity index (χ1v) is 31.8. The van der Waals surface area contributed by atoms with Gasteiger partial charge in [-0.1, -0.05) is 109 Å². The molecule has 22 nitrogen and oxygen atoms in total.